The Kier molecular flexibility index (Phi) is 12.0. The monoisotopic (exact) mass is 671 g/mol. The number of hydrogen-bond acceptors (Lipinski definition) is 8. The molecule has 3 aromatic carbocycles. The number of aromatic nitrogens is 2. The van der Waals surface area contributed by atoms with Crippen LogP contribution in [-0.4, -0.2) is 33.0 Å². The highest BCUT2D eigenvalue weighted by atomic mass is 16.6. The maximum absolute atomic E-state index is 12.9. The summed E-state index contributed by atoms with van der Waals surface area (Å²) in [7, 11) is 0. The lowest BCUT2D eigenvalue weighted by Crippen LogP contribution is -2.31. The van der Waals surface area contributed by atoms with E-state index < -0.39 is 12.2 Å². The minimum Gasteiger partial charge on any atom is -0.487 e. The molecule has 9 heteroatoms. The highest BCUT2D eigenvalue weighted by Crippen LogP contribution is 2.22. The third-order valence-electron chi connectivity index (χ3n) is 8.39. The number of nitrogens with zero attached hydrogens (tertiary/aromatic N) is 3. The fourth-order valence-electron chi connectivity index (χ4n) is 5.66. The maximum atomic E-state index is 12.9. The number of ether oxygens (including phenoxy) is 2. The summed E-state index contributed by atoms with van der Waals surface area (Å²) in [5.74, 6) is 1.44. The van der Waals surface area contributed by atoms with Crippen LogP contribution in [-0.2, 0) is 29.1 Å². The SMILES string of the molecule is O=C1OC(CCCCCCCCc2ccc(OCc3coc(C=Cc4ccccc4)n3)cc2)C(=O)N1Cc1coc(C=Cc2ccccc2)n1. The zero-order chi connectivity index (χ0) is 34.4. The van der Waals surface area contributed by atoms with Crippen LogP contribution in [0.2, 0.25) is 0 Å². The first kappa shape index (κ1) is 34.2. The van der Waals surface area contributed by atoms with Crippen molar-refractivity contribution in [2.24, 2.45) is 0 Å². The van der Waals surface area contributed by atoms with Crippen LogP contribution >= 0.6 is 0 Å². The molecule has 2 amide bonds. The summed E-state index contributed by atoms with van der Waals surface area (Å²) >= 11 is 0. The van der Waals surface area contributed by atoms with Gasteiger partial charge >= 0.3 is 6.09 Å². The zero-order valence-electron chi connectivity index (χ0n) is 28.0. The van der Waals surface area contributed by atoms with Crippen LogP contribution in [0.1, 0.15) is 84.8 Å². The van der Waals surface area contributed by atoms with Gasteiger partial charge in [-0.15, -0.1) is 0 Å². The Balaban J connectivity index is 0.816. The van der Waals surface area contributed by atoms with Gasteiger partial charge in [-0.05, 0) is 66.7 Å². The number of benzene rings is 3. The predicted octanol–water partition coefficient (Wildman–Crippen LogP) is 9.40. The molecule has 1 aliphatic heterocycles. The molecule has 1 atom stereocenters. The quantitative estimate of drug-likeness (QED) is 0.0848. The standard InChI is InChI=1S/C41H41N3O6/c45-40-37(50-41(46)44(40)27-34-28-48-38(42-34)25-21-31-13-8-5-9-14-31)18-12-4-2-1-3-7-17-33-19-23-36(24-20-33)47-29-35-30-49-39(43-35)26-22-32-15-10-6-11-16-32/h5-6,8-11,13-16,19-26,28,30,37H,1-4,7,12,17-18,27,29H2. The van der Waals surface area contributed by atoms with Gasteiger partial charge in [0, 0.05) is 12.2 Å². The number of rotatable bonds is 18. The van der Waals surface area contributed by atoms with Gasteiger partial charge in [0.1, 0.15) is 30.6 Å². The van der Waals surface area contributed by atoms with Crippen molar-refractivity contribution < 1.29 is 27.9 Å². The largest absolute Gasteiger partial charge is 0.487 e. The first-order chi connectivity index (χ1) is 24.6. The number of aryl methyl sites for hydroxylation is 1. The Bertz CT molecular complexity index is 1860. The molecule has 1 saturated heterocycles. The van der Waals surface area contributed by atoms with Crippen molar-refractivity contribution in [3.05, 3.63) is 137 Å². The second-order valence-electron chi connectivity index (χ2n) is 12.2. The van der Waals surface area contributed by atoms with E-state index in [1.54, 1.807) is 12.3 Å². The molecule has 0 bridgehead atoms. The van der Waals surface area contributed by atoms with E-state index in [1.807, 2.05) is 91.0 Å². The van der Waals surface area contributed by atoms with Crippen molar-refractivity contribution in [1.29, 1.82) is 0 Å². The molecule has 2 aromatic heterocycles. The minimum absolute atomic E-state index is 0.0318. The number of unbranched alkanes of at least 4 members (excludes halogenated alkanes) is 5. The zero-order valence-corrected chi connectivity index (χ0v) is 28.0. The predicted molar refractivity (Wildman–Crippen MR) is 191 cm³/mol. The Morgan fingerprint density at radius 2 is 1.24 bits per heavy atom. The lowest BCUT2D eigenvalue weighted by atomic mass is 10.0. The summed E-state index contributed by atoms with van der Waals surface area (Å²) < 4.78 is 22.3. The van der Waals surface area contributed by atoms with Crippen molar-refractivity contribution in [2.45, 2.75) is 70.6 Å². The number of carbonyl (C=O) groups is 2. The van der Waals surface area contributed by atoms with Gasteiger partial charge in [0.25, 0.3) is 5.91 Å². The minimum atomic E-state index is -0.727. The fraction of sp³-hybridized carbons (Fsp3) is 0.268. The van der Waals surface area contributed by atoms with E-state index in [4.69, 9.17) is 18.3 Å². The maximum Gasteiger partial charge on any atom is 0.417 e. The van der Waals surface area contributed by atoms with E-state index in [-0.39, 0.29) is 12.5 Å². The van der Waals surface area contributed by atoms with E-state index in [0.717, 1.165) is 72.4 Å². The molecule has 0 N–H and O–H groups in total. The number of oxazole rings is 2. The van der Waals surface area contributed by atoms with Gasteiger partial charge in [0.15, 0.2) is 6.10 Å². The van der Waals surface area contributed by atoms with E-state index >= 15 is 0 Å². The molecular weight excluding hydrogens is 630 g/mol. The van der Waals surface area contributed by atoms with Crippen molar-refractivity contribution >= 4 is 36.3 Å². The Labute approximate surface area is 292 Å². The molecule has 0 spiro atoms. The lowest BCUT2D eigenvalue weighted by Gasteiger charge is -2.09. The van der Waals surface area contributed by atoms with Gasteiger partial charge in [-0.2, -0.15) is 0 Å². The van der Waals surface area contributed by atoms with Crippen LogP contribution in [0.15, 0.2) is 106 Å². The molecule has 3 heterocycles. The molecule has 9 nitrogen and oxygen atoms in total. The van der Waals surface area contributed by atoms with Crippen molar-refractivity contribution in [2.75, 3.05) is 0 Å². The first-order valence-electron chi connectivity index (χ1n) is 17.2. The van der Waals surface area contributed by atoms with Crippen LogP contribution in [0.3, 0.4) is 0 Å². The molecule has 1 unspecified atom stereocenters. The van der Waals surface area contributed by atoms with Crippen LogP contribution in [0, 0.1) is 0 Å². The molecule has 5 aromatic rings. The summed E-state index contributed by atoms with van der Waals surface area (Å²) in [4.78, 5) is 35.2. The Morgan fingerprint density at radius 1 is 0.660 bits per heavy atom. The molecule has 256 valence electrons. The summed E-state index contributed by atoms with van der Waals surface area (Å²) in [6.45, 7) is 0.374. The molecule has 0 aliphatic carbocycles. The number of hydrogen-bond donors (Lipinski definition) is 0. The number of amides is 2. The highest BCUT2D eigenvalue weighted by Gasteiger charge is 2.40. The van der Waals surface area contributed by atoms with E-state index in [9.17, 15) is 9.59 Å². The number of carbonyl (C=O) groups excluding carboxylic acids is 2. The van der Waals surface area contributed by atoms with Crippen molar-refractivity contribution in [3.8, 4) is 5.75 Å². The third kappa shape index (κ3) is 10.2. The second kappa shape index (κ2) is 17.6. The van der Waals surface area contributed by atoms with Crippen LogP contribution in [0.5, 0.6) is 5.75 Å². The molecule has 1 aliphatic rings. The lowest BCUT2D eigenvalue weighted by molar-refractivity contribution is -0.130. The number of cyclic esters (lactones) is 1. The van der Waals surface area contributed by atoms with E-state index in [2.05, 4.69) is 22.1 Å². The van der Waals surface area contributed by atoms with Gasteiger partial charge < -0.3 is 18.3 Å². The van der Waals surface area contributed by atoms with Crippen molar-refractivity contribution in [1.82, 2.24) is 14.9 Å². The van der Waals surface area contributed by atoms with Gasteiger partial charge in [-0.25, -0.2) is 19.7 Å². The average Bonchev–Trinajstić information content (AvgIpc) is 3.88. The molecule has 6 rings (SSSR count). The molecule has 0 saturated carbocycles. The third-order valence-corrected chi connectivity index (χ3v) is 8.39. The normalized spacial score (nSPS) is 14.6. The first-order valence-corrected chi connectivity index (χ1v) is 17.2. The molecule has 0 radical (unpaired) electrons. The summed E-state index contributed by atoms with van der Waals surface area (Å²) in [5.41, 5.74) is 4.62. The Hall–Kier alpha value is -5.70. The summed E-state index contributed by atoms with van der Waals surface area (Å²) in [5, 5.41) is 0. The van der Waals surface area contributed by atoms with Crippen LogP contribution in [0.4, 0.5) is 4.79 Å². The van der Waals surface area contributed by atoms with E-state index in [1.165, 1.54) is 11.8 Å². The Morgan fingerprint density at radius 3 is 1.90 bits per heavy atom. The second-order valence-corrected chi connectivity index (χ2v) is 12.2. The smallest absolute Gasteiger partial charge is 0.417 e. The van der Waals surface area contributed by atoms with Gasteiger partial charge in [-0.3, -0.25) is 4.79 Å². The average molecular weight is 672 g/mol. The van der Waals surface area contributed by atoms with Gasteiger partial charge in [0.2, 0.25) is 11.8 Å². The highest BCUT2D eigenvalue weighted by molar-refractivity contribution is 5.99. The van der Waals surface area contributed by atoms with Crippen LogP contribution < -0.4 is 4.74 Å². The molecule has 1 fully saturated rings. The summed E-state index contributed by atoms with van der Waals surface area (Å²) in [6.07, 6.45) is 17.0. The summed E-state index contributed by atoms with van der Waals surface area (Å²) in [6, 6.07) is 28.0. The van der Waals surface area contributed by atoms with Crippen molar-refractivity contribution in [3.63, 3.8) is 0 Å². The van der Waals surface area contributed by atoms with Gasteiger partial charge in [-0.1, -0.05) is 98.5 Å². The number of imide groups is 1. The van der Waals surface area contributed by atoms with Gasteiger partial charge in [0.05, 0.1) is 12.2 Å². The fourth-order valence-corrected chi connectivity index (χ4v) is 5.66. The molecular formula is C41H41N3O6. The topological polar surface area (TPSA) is 108 Å². The van der Waals surface area contributed by atoms with Crippen LogP contribution in [0.25, 0.3) is 24.3 Å². The van der Waals surface area contributed by atoms with E-state index in [0.29, 0.717) is 30.5 Å². The molecule has 50 heavy (non-hydrogen) atoms.